The molecule has 2 nitrogen and oxygen atoms in total. The van der Waals surface area contributed by atoms with Crippen LogP contribution in [-0.4, -0.2) is 0 Å². The van der Waals surface area contributed by atoms with Gasteiger partial charge in [-0.15, -0.1) is 0 Å². The van der Waals surface area contributed by atoms with Crippen molar-refractivity contribution in [1.82, 2.24) is 0 Å². The van der Waals surface area contributed by atoms with Gasteiger partial charge in [0, 0.05) is 16.3 Å². The third-order valence-corrected chi connectivity index (χ3v) is 4.57. The summed E-state index contributed by atoms with van der Waals surface area (Å²) in [6, 6.07) is 26.5. The van der Waals surface area contributed by atoms with Crippen LogP contribution >= 0.6 is 15.9 Å². The zero-order chi connectivity index (χ0) is 17.1. The fraction of sp³-hybridized carbons (Fsp3) is 0.0909. The maximum Gasteiger partial charge on any atom is 0.134 e. The van der Waals surface area contributed by atoms with E-state index in [1.165, 1.54) is 11.1 Å². The Morgan fingerprint density at radius 3 is 2.40 bits per heavy atom. The Balaban J connectivity index is 1.42. The second-order valence-electron chi connectivity index (χ2n) is 5.99. The minimum atomic E-state index is 0.582. The van der Waals surface area contributed by atoms with Crippen LogP contribution in [0.4, 0.5) is 0 Å². The summed E-state index contributed by atoms with van der Waals surface area (Å²) < 4.78 is 12.8. The molecule has 0 fully saturated rings. The van der Waals surface area contributed by atoms with Crippen LogP contribution in [0.15, 0.2) is 87.8 Å². The molecule has 0 aliphatic carbocycles. The third-order valence-electron chi connectivity index (χ3n) is 4.08. The lowest BCUT2D eigenvalue weighted by Gasteiger charge is -2.07. The van der Waals surface area contributed by atoms with E-state index in [1.807, 2.05) is 42.5 Å². The normalized spacial score (nSPS) is 10.9. The molecule has 0 atom stereocenters. The lowest BCUT2D eigenvalue weighted by Crippen LogP contribution is -1.95. The van der Waals surface area contributed by atoms with E-state index in [0.717, 1.165) is 33.4 Å². The molecule has 3 aromatic carbocycles. The largest absolute Gasteiger partial charge is 0.489 e. The first-order valence-electron chi connectivity index (χ1n) is 8.20. The molecule has 0 N–H and O–H groups in total. The average Bonchev–Trinajstić information content (AvgIpc) is 3.03. The smallest absolute Gasteiger partial charge is 0.134 e. The number of hydrogen-bond donors (Lipinski definition) is 0. The Labute approximate surface area is 155 Å². The molecule has 3 heteroatoms. The van der Waals surface area contributed by atoms with E-state index in [2.05, 4.69) is 52.3 Å². The molecule has 0 saturated carbocycles. The lowest BCUT2D eigenvalue weighted by molar-refractivity contribution is 0.306. The van der Waals surface area contributed by atoms with Crippen LogP contribution < -0.4 is 4.74 Å². The summed E-state index contributed by atoms with van der Waals surface area (Å²) in [5.41, 5.74) is 3.28. The molecule has 0 radical (unpaired) electrons. The maximum absolute atomic E-state index is 5.91. The average molecular weight is 393 g/mol. The minimum absolute atomic E-state index is 0.582. The van der Waals surface area contributed by atoms with Crippen molar-refractivity contribution in [2.24, 2.45) is 0 Å². The summed E-state index contributed by atoms with van der Waals surface area (Å²) >= 11 is 3.49. The molecule has 4 aromatic rings. The van der Waals surface area contributed by atoms with Crippen LogP contribution in [0, 0.1) is 0 Å². The highest BCUT2D eigenvalue weighted by atomic mass is 79.9. The van der Waals surface area contributed by atoms with Gasteiger partial charge in [0.15, 0.2) is 0 Å². The van der Waals surface area contributed by atoms with Gasteiger partial charge in [-0.2, -0.15) is 0 Å². The maximum atomic E-state index is 5.91. The Bertz CT molecular complexity index is 972. The summed E-state index contributed by atoms with van der Waals surface area (Å²) in [4.78, 5) is 0. The molecule has 0 saturated heterocycles. The van der Waals surface area contributed by atoms with E-state index in [-0.39, 0.29) is 0 Å². The van der Waals surface area contributed by atoms with Crippen molar-refractivity contribution in [3.63, 3.8) is 0 Å². The van der Waals surface area contributed by atoms with Crippen molar-refractivity contribution in [2.75, 3.05) is 0 Å². The lowest BCUT2D eigenvalue weighted by atomic mass is 10.1. The summed E-state index contributed by atoms with van der Waals surface area (Å²) in [5.74, 6) is 1.84. The fourth-order valence-corrected chi connectivity index (χ4v) is 3.18. The molecule has 124 valence electrons. The van der Waals surface area contributed by atoms with E-state index < -0.39 is 0 Å². The van der Waals surface area contributed by atoms with Gasteiger partial charge in [0.2, 0.25) is 0 Å². The predicted molar refractivity (Wildman–Crippen MR) is 104 cm³/mol. The van der Waals surface area contributed by atoms with E-state index in [0.29, 0.717) is 6.61 Å². The molecule has 0 aliphatic rings. The molecule has 0 aliphatic heterocycles. The minimum Gasteiger partial charge on any atom is -0.489 e. The van der Waals surface area contributed by atoms with Gasteiger partial charge in [-0.3, -0.25) is 0 Å². The van der Waals surface area contributed by atoms with Crippen LogP contribution in [-0.2, 0) is 13.0 Å². The molecule has 25 heavy (non-hydrogen) atoms. The zero-order valence-electron chi connectivity index (χ0n) is 13.6. The zero-order valence-corrected chi connectivity index (χ0v) is 15.2. The summed E-state index contributed by atoms with van der Waals surface area (Å²) in [6.45, 7) is 0.582. The standard InChI is InChI=1S/C22H17BrO2/c23-19-8-11-22-18(13-19)14-21(25-22)12-16-6-9-20(10-7-16)24-15-17-4-2-1-3-5-17/h1-11,13-14H,12,15H2. The second-order valence-corrected chi connectivity index (χ2v) is 6.91. The topological polar surface area (TPSA) is 22.4 Å². The summed E-state index contributed by atoms with van der Waals surface area (Å²) in [6.07, 6.45) is 0.769. The van der Waals surface area contributed by atoms with E-state index in [9.17, 15) is 0 Å². The number of ether oxygens (including phenoxy) is 1. The van der Waals surface area contributed by atoms with E-state index in [1.54, 1.807) is 0 Å². The highest BCUT2D eigenvalue weighted by Crippen LogP contribution is 2.25. The van der Waals surface area contributed by atoms with Gasteiger partial charge in [0.05, 0.1) is 0 Å². The number of benzene rings is 3. The van der Waals surface area contributed by atoms with Crippen LogP contribution in [0.2, 0.25) is 0 Å². The van der Waals surface area contributed by atoms with Crippen molar-refractivity contribution in [2.45, 2.75) is 13.0 Å². The monoisotopic (exact) mass is 392 g/mol. The third kappa shape index (κ3) is 3.94. The van der Waals surface area contributed by atoms with Crippen molar-refractivity contribution in [1.29, 1.82) is 0 Å². The van der Waals surface area contributed by atoms with Gasteiger partial charge >= 0.3 is 0 Å². The van der Waals surface area contributed by atoms with Crippen molar-refractivity contribution < 1.29 is 9.15 Å². The van der Waals surface area contributed by atoms with Gasteiger partial charge in [-0.25, -0.2) is 0 Å². The predicted octanol–water partition coefficient (Wildman–Crippen LogP) is 6.37. The van der Waals surface area contributed by atoms with Gasteiger partial charge < -0.3 is 9.15 Å². The summed E-state index contributed by atoms with van der Waals surface area (Å²) in [7, 11) is 0. The van der Waals surface area contributed by atoms with Gasteiger partial charge in [0.1, 0.15) is 23.7 Å². The Morgan fingerprint density at radius 1 is 0.800 bits per heavy atom. The molecule has 1 heterocycles. The van der Waals surface area contributed by atoms with E-state index >= 15 is 0 Å². The van der Waals surface area contributed by atoms with Gasteiger partial charge in [0.25, 0.3) is 0 Å². The molecule has 0 unspecified atom stereocenters. The number of fused-ring (bicyclic) bond motifs is 1. The Hall–Kier alpha value is -2.52. The van der Waals surface area contributed by atoms with Gasteiger partial charge in [-0.05, 0) is 47.5 Å². The van der Waals surface area contributed by atoms with Crippen molar-refractivity contribution >= 4 is 26.9 Å². The molecule has 0 spiro atoms. The molecule has 4 rings (SSSR count). The van der Waals surface area contributed by atoms with Crippen molar-refractivity contribution in [3.05, 3.63) is 100 Å². The molecule has 1 aromatic heterocycles. The first kappa shape index (κ1) is 16.0. The van der Waals surface area contributed by atoms with Gasteiger partial charge in [-0.1, -0.05) is 58.4 Å². The molecular weight excluding hydrogens is 376 g/mol. The van der Waals surface area contributed by atoms with Crippen LogP contribution in [0.5, 0.6) is 5.75 Å². The second kappa shape index (κ2) is 7.16. The number of halogens is 1. The number of rotatable bonds is 5. The SMILES string of the molecule is Brc1ccc2oc(Cc3ccc(OCc4ccccc4)cc3)cc2c1. The summed E-state index contributed by atoms with van der Waals surface area (Å²) in [5, 5.41) is 1.12. The van der Waals surface area contributed by atoms with E-state index in [4.69, 9.17) is 9.15 Å². The Kier molecular flexibility index (Phi) is 4.57. The van der Waals surface area contributed by atoms with Crippen molar-refractivity contribution in [3.8, 4) is 5.75 Å². The van der Waals surface area contributed by atoms with Crippen LogP contribution in [0.3, 0.4) is 0 Å². The highest BCUT2D eigenvalue weighted by Gasteiger charge is 2.06. The number of furan rings is 1. The fourth-order valence-electron chi connectivity index (χ4n) is 2.80. The molecule has 0 amide bonds. The van der Waals surface area contributed by atoms with Crippen LogP contribution in [0.1, 0.15) is 16.9 Å². The van der Waals surface area contributed by atoms with Crippen LogP contribution in [0.25, 0.3) is 11.0 Å². The molecular formula is C22H17BrO2. The Morgan fingerprint density at radius 2 is 1.60 bits per heavy atom. The number of hydrogen-bond acceptors (Lipinski definition) is 2. The molecule has 0 bridgehead atoms. The first-order chi connectivity index (χ1) is 12.3. The quantitative estimate of drug-likeness (QED) is 0.393. The highest BCUT2D eigenvalue weighted by molar-refractivity contribution is 9.10. The first-order valence-corrected chi connectivity index (χ1v) is 8.99.